The van der Waals surface area contributed by atoms with Crippen molar-refractivity contribution in [3.63, 3.8) is 0 Å². The summed E-state index contributed by atoms with van der Waals surface area (Å²) in [6.07, 6.45) is 0. The van der Waals surface area contributed by atoms with Crippen molar-refractivity contribution in [2.45, 2.75) is 13.0 Å². The number of amides is 2. The first-order valence-electron chi connectivity index (χ1n) is 8.09. The Hall–Kier alpha value is -2.51. The maximum absolute atomic E-state index is 13.2. The molecule has 0 saturated heterocycles. The van der Waals surface area contributed by atoms with Gasteiger partial charge in [0, 0.05) is 24.8 Å². The Bertz CT molecular complexity index is 770. The molecule has 27 heavy (non-hydrogen) atoms. The van der Waals surface area contributed by atoms with Gasteiger partial charge in [-0.3, -0.25) is 9.59 Å². The molecule has 0 aliphatic rings. The summed E-state index contributed by atoms with van der Waals surface area (Å²) >= 11 is 0. The van der Waals surface area contributed by atoms with Gasteiger partial charge in [0.2, 0.25) is 11.8 Å². The summed E-state index contributed by atoms with van der Waals surface area (Å²) in [5, 5.41) is 2.37. The van der Waals surface area contributed by atoms with E-state index in [4.69, 9.17) is 5.73 Å². The predicted molar refractivity (Wildman–Crippen MR) is 102 cm³/mol. The highest BCUT2D eigenvalue weighted by molar-refractivity contribution is 5.94. The van der Waals surface area contributed by atoms with E-state index in [9.17, 15) is 18.4 Å². The lowest BCUT2D eigenvalue weighted by molar-refractivity contribution is -0.137. The Morgan fingerprint density at radius 3 is 2.22 bits per heavy atom. The van der Waals surface area contributed by atoms with E-state index in [1.807, 2.05) is 30.3 Å². The monoisotopic (exact) mass is 397 g/mol. The molecule has 0 aliphatic carbocycles. The van der Waals surface area contributed by atoms with E-state index < -0.39 is 29.5 Å². The second kappa shape index (κ2) is 9.99. The first-order chi connectivity index (χ1) is 12.3. The summed E-state index contributed by atoms with van der Waals surface area (Å²) in [5.74, 6) is -3.01. The van der Waals surface area contributed by atoms with Crippen LogP contribution in [0.4, 0.5) is 14.5 Å². The minimum atomic E-state index is -0.799. The van der Waals surface area contributed by atoms with E-state index in [1.54, 1.807) is 6.92 Å². The Morgan fingerprint density at radius 1 is 1.11 bits per heavy atom. The minimum Gasteiger partial charge on any atom is -0.336 e. The van der Waals surface area contributed by atoms with Gasteiger partial charge in [-0.15, -0.1) is 12.4 Å². The lowest BCUT2D eigenvalue weighted by atomic mass is 9.94. The molecule has 8 heteroatoms. The van der Waals surface area contributed by atoms with Crippen LogP contribution < -0.4 is 11.1 Å². The zero-order chi connectivity index (χ0) is 19.3. The number of nitrogens with zero attached hydrogens (tertiary/aromatic N) is 1. The number of anilines is 1. The lowest BCUT2D eigenvalue weighted by Gasteiger charge is -2.25. The van der Waals surface area contributed by atoms with Crippen LogP contribution in [0.5, 0.6) is 0 Å². The number of rotatable bonds is 6. The van der Waals surface area contributed by atoms with Gasteiger partial charge in [-0.05, 0) is 17.7 Å². The minimum absolute atomic E-state index is 0. The summed E-state index contributed by atoms with van der Waals surface area (Å²) in [6.45, 7) is 1.43. The molecule has 0 heterocycles. The van der Waals surface area contributed by atoms with Gasteiger partial charge in [-0.1, -0.05) is 37.3 Å². The first kappa shape index (κ1) is 22.5. The molecule has 3 N–H and O–H groups in total. The number of likely N-dealkylation sites (N-methyl/N-ethyl adjacent to an activating group) is 1. The molecule has 2 rings (SSSR count). The third-order valence-corrected chi connectivity index (χ3v) is 4.02. The predicted octanol–water partition coefficient (Wildman–Crippen LogP) is 3.12. The average Bonchev–Trinajstić information content (AvgIpc) is 2.59. The van der Waals surface area contributed by atoms with Gasteiger partial charge in [0.1, 0.15) is 11.6 Å². The molecule has 2 atom stereocenters. The van der Waals surface area contributed by atoms with Crippen molar-refractivity contribution >= 4 is 29.9 Å². The highest BCUT2D eigenvalue weighted by Gasteiger charge is 2.26. The van der Waals surface area contributed by atoms with Crippen LogP contribution in [-0.4, -0.2) is 30.3 Å². The molecular weight excluding hydrogens is 376 g/mol. The summed E-state index contributed by atoms with van der Waals surface area (Å²) < 4.78 is 26.3. The topological polar surface area (TPSA) is 75.4 Å². The molecule has 2 amide bonds. The molecule has 2 aromatic carbocycles. The number of hydrogen-bond donors (Lipinski definition) is 2. The highest BCUT2D eigenvalue weighted by atomic mass is 35.5. The van der Waals surface area contributed by atoms with E-state index in [2.05, 4.69) is 5.32 Å². The molecule has 5 nitrogen and oxygen atoms in total. The first-order valence-corrected chi connectivity index (χ1v) is 8.09. The fraction of sp³-hybridized carbons (Fsp3) is 0.263. The van der Waals surface area contributed by atoms with Crippen LogP contribution in [0.1, 0.15) is 18.5 Å². The van der Waals surface area contributed by atoms with Crippen molar-refractivity contribution in [2.75, 3.05) is 18.9 Å². The zero-order valence-corrected chi connectivity index (χ0v) is 15.8. The van der Waals surface area contributed by atoms with E-state index in [0.717, 1.165) is 17.7 Å². The fourth-order valence-electron chi connectivity index (χ4n) is 2.59. The lowest BCUT2D eigenvalue weighted by Crippen LogP contribution is -2.41. The van der Waals surface area contributed by atoms with Gasteiger partial charge in [0.15, 0.2) is 0 Å². The molecule has 0 spiro atoms. The van der Waals surface area contributed by atoms with Crippen molar-refractivity contribution < 1.29 is 18.4 Å². The van der Waals surface area contributed by atoms with Crippen LogP contribution in [0.25, 0.3) is 0 Å². The molecule has 146 valence electrons. The second-order valence-electron chi connectivity index (χ2n) is 6.13. The fourth-order valence-corrected chi connectivity index (χ4v) is 2.59. The number of carbonyl (C=O) groups excluding carboxylic acids is 2. The molecule has 0 radical (unpaired) electrons. The summed E-state index contributed by atoms with van der Waals surface area (Å²) in [4.78, 5) is 25.8. The van der Waals surface area contributed by atoms with Crippen molar-refractivity contribution in [1.82, 2.24) is 4.90 Å². The van der Waals surface area contributed by atoms with Gasteiger partial charge in [-0.2, -0.15) is 0 Å². The van der Waals surface area contributed by atoms with Crippen LogP contribution >= 0.6 is 12.4 Å². The van der Waals surface area contributed by atoms with Crippen molar-refractivity contribution in [1.29, 1.82) is 0 Å². The summed E-state index contributed by atoms with van der Waals surface area (Å²) in [6, 6.07) is 11.4. The molecule has 0 aromatic heterocycles. The normalized spacial score (nSPS) is 12.5. The highest BCUT2D eigenvalue weighted by Crippen LogP contribution is 2.20. The number of halogens is 3. The third-order valence-electron chi connectivity index (χ3n) is 4.02. The zero-order valence-electron chi connectivity index (χ0n) is 15.0. The van der Waals surface area contributed by atoms with Crippen LogP contribution in [0.15, 0.2) is 48.5 Å². The Morgan fingerprint density at radius 2 is 1.67 bits per heavy atom. The van der Waals surface area contributed by atoms with Crippen LogP contribution in [0.3, 0.4) is 0 Å². The third kappa shape index (κ3) is 6.30. The van der Waals surface area contributed by atoms with Gasteiger partial charge in [0.05, 0.1) is 12.5 Å². The number of benzene rings is 2. The summed E-state index contributed by atoms with van der Waals surface area (Å²) in [7, 11) is 1.47. The van der Waals surface area contributed by atoms with E-state index >= 15 is 0 Å². The van der Waals surface area contributed by atoms with Gasteiger partial charge in [0.25, 0.3) is 0 Å². The van der Waals surface area contributed by atoms with E-state index in [-0.39, 0.29) is 30.5 Å². The Labute approximate surface area is 162 Å². The number of nitrogens with two attached hydrogens (primary N) is 1. The van der Waals surface area contributed by atoms with Crippen molar-refractivity contribution in [3.05, 3.63) is 65.7 Å². The smallest absolute Gasteiger partial charge is 0.243 e. The quantitative estimate of drug-likeness (QED) is 0.786. The van der Waals surface area contributed by atoms with Crippen LogP contribution in [0.2, 0.25) is 0 Å². The number of nitrogens with one attached hydrogen (secondary N) is 1. The maximum Gasteiger partial charge on any atom is 0.243 e. The Kier molecular flexibility index (Phi) is 8.33. The van der Waals surface area contributed by atoms with Crippen molar-refractivity contribution in [2.24, 2.45) is 11.7 Å². The largest absolute Gasteiger partial charge is 0.336 e. The van der Waals surface area contributed by atoms with Crippen LogP contribution in [-0.2, 0) is 9.59 Å². The molecule has 0 saturated carbocycles. The SMILES string of the molecule is CC(C(=O)N(C)CC(=O)Nc1cc(F)cc(F)c1)C(N)c1ccccc1.Cl. The molecule has 0 bridgehead atoms. The Balaban J connectivity index is 0.00000364. The van der Waals surface area contributed by atoms with Gasteiger partial charge in [-0.25, -0.2) is 8.78 Å². The van der Waals surface area contributed by atoms with Crippen molar-refractivity contribution in [3.8, 4) is 0 Å². The number of carbonyl (C=O) groups is 2. The van der Waals surface area contributed by atoms with Gasteiger partial charge < -0.3 is 16.0 Å². The molecular formula is C19H22ClF2N3O2. The average molecular weight is 398 g/mol. The number of hydrogen-bond acceptors (Lipinski definition) is 3. The van der Waals surface area contributed by atoms with Crippen LogP contribution in [0, 0.1) is 17.6 Å². The summed E-state index contributed by atoms with van der Waals surface area (Å²) in [5.41, 5.74) is 6.94. The molecule has 2 unspecified atom stereocenters. The molecule has 0 fully saturated rings. The molecule has 0 aliphatic heterocycles. The van der Waals surface area contributed by atoms with E-state index in [1.165, 1.54) is 11.9 Å². The standard InChI is InChI=1S/C19H21F2N3O2.ClH/c1-12(18(22)13-6-4-3-5-7-13)19(26)24(2)11-17(25)23-16-9-14(20)8-15(21)10-16;/h3-10,12,18H,11,22H2,1-2H3,(H,23,25);1H. The maximum atomic E-state index is 13.2. The molecule has 2 aromatic rings. The van der Waals surface area contributed by atoms with Gasteiger partial charge >= 0.3 is 0 Å². The second-order valence-corrected chi connectivity index (χ2v) is 6.13. The van der Waals surface area contributed by atoms with E-state index in [0.29, 0.717) is 6.07 Å².